The summed E-state index contributed by atoms with van der Waals surface area (Å²) in [5, 5.41) is 35.2. The van der Waals surface area contributed by atoms with Gasteiger partial charge in [0.05, 0.1) is 23.1 Å². The number of ether oxygens (including phenoxy) is 1. The number of piperidine rings is 3. The number of nitrogens with two attached hydrogens (primary N) is 1. The van der Waals surface area contributed by atoms with Crippen molar-refractivity contribution in [3.05, 3.63) is 144 Å². The molecular weight excluding hydrogens is 1870 g/mol. The van der Waals surface area contributed by atoms with Gasteiger partial charge in [-0.2, -0.15) is 0 Å². The van der Waals surface area contributed by atoms with Crippen molar-refractivity contribution in [2.75, 3.05) is 32.7 Å². The Kier molecular flexibility index (Phi) is 35.0. The third-order valence-corrected chi connectivity index (χ3v) is 33.8. The molecule has 4 heterocycles. The molecule has 3 aliphatic heterocycles. The zero-order valence-corrected chi connectivity index (χ0v) is 89.8. The minimum atomic E-state index is -1.07. The second kappa shape index (κ2) is 45.8. The van der Waals surface area contributed by atoms with Crippen molar-refractivity contribution in [1.82, 2.24) is 78.2 Å². The van der Waals surface area contributed by atoms with Gasteiger partial charge < -0.3 is 83.7 Å². The molecule has 0 radical (unpaired) electrons. The molecule has 1 spiro atoms. The van der Waals surface area contributed by atoms with Crippen LogP contribution in [0.3, 0.4) is 0 Å². The minimum Gasteiger partial charge on any atom is -0.489 e. The van der Waals surface area contributed by atoms with Gasteiger partial charge in [0.2, 0.25) is 52.8 Å². The van der Waals surface area contributed by atoms with E-state index in [1.807, 2.05) is 153 Å². The van der Waals surface area contributed by atoms with Crippen LogP contribution in [0.15, 0.2) is 122 Å². The number of amides is 15. The van der Waals surface area contributed by atoms with Crippen LogP contribution < -0.4 is 69.0 Å². The van der Waals surface area contributed by atoms with Crippen molar-refractivity contribution in [3.8, 4) is 5.75 Å². The SMILES string of the molecule is C=CCNC(=O)C(=O)C(CC1CC1)NC(=O)[C@@H]1[C@@H]2[C@H](CN1C(=O)[C@@H](NC(=O)NC1(Cc3nccs3)CCCCC1)C(C)(C)C)C2(C)C.C=CCNC(=O)C(=O)C(CCC)NC(=O)[C@@H]1[C@@H]2[C@H](CN1C(=O)[C@@H](NC(=O)N[C@H](Cc1ccccc1)C(C)(C)C)C(C)(C)C)C2(C)C.CC(C)(C)[C@H](NC(=O)NC1(Cc2cccc(OCc3ccccc3)c2)CCCCC1)C(=O)N1C[C@H]2[C@@H]([C@H]1C(=O)NC(CC1CC1)C(=O)C(N)=O)C21CC1. The molecule has 15 rings (SSSR count). The molecular formula is C113H162N16O16S. The van der Waals surface area contributed by atoms with Gasteiger partial charge in [-0.15, -0.1) is 24.5 Å². The monoisotopic (exact) mass is 2030 g/mol. The maximum atomic E-state index is 14.6. The van der Waals surface area contributed by atoms with Gasteiger partial charge in [0.25, 0.3) is 17.7 Å². The first kappa shape index (κ1) is 112. The molecule has 0 bridgehead atoms. The second-order valence-electron chi connectivity index (χ2n) is 49.1. The van der Waals surface area contributed by atoms with E-state index in [9.17, 15) is 71.9 Å². The Balaban J connectivity index is 0.000000184. The number of carbonyl (C=O) groups is 15. The molecule has 16 atom stereocenters. The molecule has 8 saturated carbocycles. The predicted octanol–water partition coefficient (Wildman–Crippen LogP) is 12.5. The molecule has 1 aromatic heterocycles. The van der Waals surface area contributed by atoms with E-state index in [0.29, 0.717) is 64.8 Å². The van der Waals surface area contributed by atoms with E-state index in [1.54, 1.807) is 32.2 Å². The Morgan fingerprint density at radius 2 is 0.884 bits per heavy atom. The fourth-order valence-electron chi connectivity index (χ4n) is 23.8. The third kappa shape index (κ3) is 27.2. The van der Waals surface area contributed by atoms with Crippen LogP contribution >= 0.6 is 11.3 Å². The molecule has 3 aromatic carbocycles. The van der Waals surface area contributed by atoms with Crippen molar-refractivity contribution < 1.29 is 76.7 Å². The van der Waals surface area contributed by atoms with Gasteiger partial charge in [-0.05, 0) is 185 Å². The van der Waals surface area contributed by atoms with Gasteiger partial charge in [0, 0.05) is 67.8 Å². The number of Topliss-reactive ketones (excluding diaryl/α,β-unsaturated/α-hetero) is 3. The number of aromatic nitrogens is 1. The van der Waals surface area contributed by atoms with Crippen LogP contribution in [0.2, 0.25) is 0 Å². The van der Waals surface area contributed by atoms with E-state index in [4.69, 9.17) is 10.5 Å². The van der Waals surface area contributed by atoms with E-state index in [-0.39, 0.29) is 112 Å². The van der Waals surface area contributed by atoms with Crippen LogP contribution in [0.1, 0.15) is 268 Å². The van der Waals surface area contributed by atoms with Crippen LogP contribution in [-0.2, 0) is 83.4 Å². The van der Waals surface area contributed by atoms with E-state index >= 15 is 0 Å². The number of urea groups is 3. The molecule has 3 unspecified atom stereocenters. The van der Waals surface area contributed by atoms with E-state index in [2.05, 4.69) is 131 Å². The van der Waals surface area contributed by atoms with Crippen molar-refractivity contribution >= 4 is 99.9 Å². The van der Waals surface area contributed by atoms with Crippen LogP contribution in [0, 0.1) is 85.2 Å². The maximum absolute atomic E-state index is 14.6. The summed E-state index contributed by atoms with van der Waals surface area (Å²) in [5.41, 5.74) is 5.20. The smallest absolute Gasteiger partial charge is 0.315 e. The van der Waals surface area contributed by atoms with Gasteiger partial charge in [0.1, 0.15) is 48.6 Å². The average molecular weight is 2030 g/mol. The molecule has 3 saturated heterocycles. The van der Waals surface area contributed by atoms with Gasteiger partial charge in [-0.25, -0.2) is 19.4 Å². The lowest BCUT2D eigenvalue weighted by Gasteiger charge is -2.41. The number of primary amides is 1. The van der Waals surface area contributed by atoms with Crippen molar-refractivity contribution in [1.29, 1.82) is 0 Å². The number of carbonyl (C=O) groups excluding carboxylic acids is 15. The lowest BCUT2D eigenvalue weighted by molar-refractivity contribution is -0.145. The molecule has 33 heteroatoms. The lowest BCUT2D eigenvalue weighted by Crippen LogP contribution is -2.63. The number of thiazole rings is 1. The first-order valence-electron chi connectivity index (χ1n) is 53.2. The Bertz CT molecular complexity index is 5420. The normalized spacial score (nSPS) is 24.1. The fraction of sp³-hybridized carbons (Fsp3) is 0.646. The number of rotatable bonds is 40. The Morgan fingerprint density at radius 3 is 1.29 bits per heavy atom. The van der Waals surface area contributed by atoms with Crippen LogP contribution in [-0.4, -0.2) is 213 Å². The summed E-state index contributed by atoms with van der Waals surface area (Å²) in [6.45, 7) is 42.6. The highest BCUT2D eigenvalue weighted by atomic mass is 32.1. The number of fused-ring (bicyclic) bond motifs is 5. The molecule has 15 amide bonds. The summed E-state index contributed by atoms with van der Waals surface area (Å²) < 4.78 is 6.11. The average Bonchev–Trinajstić information content (AvgIpc) is 1.47. The Morgan fingerprint density at radius 1 is 0.473 bits per heavy atom. The highest BCUT2D eigenvalue weighted by Crippen LogP contribution is 2.79. The predicted molar refractivity (Wildman–Crippen MR) is 559 cm³/mol. The van der Waals surface area contributed by atoms with Crippen LogP contribution in [0.25, 0.3) is 0 Å². The quantitative estimate of drug-likeness (QED) is 0.0145. The second-order valence-corrected chi connectivity index (χ2v) is 50.0. The number of nitrogens with one attached hydrogen (secondary N) is 11. The van der Waals surface area contributed by atoms with Gasteiger partial charge in [-0.3, -0.25) is 57.5 Å². The minimum absolute atomic E-state index is 0.00379. The number of hydrogen-bond donors (Lipinski definition) is 12. The molecule has 13 N–H and O–H groups in total. The zero-order valence-electron chi connectivity index (χ0n) is 89.0. The first-order chi connectivity index (χ1) is 68.8. The maximum Gasteiger partial charge on any atom is 0.315 e. The largest absolute Gasteiger partial charge is 0.489 e. The Labute approximate surface area is 866 Å². The van der Waals surface area contributed by atoms with Gasteiger partial charge in [-0.1, -0.05) is 273 Å². The van der Waals surface area contributed by atoms with Crippen LogP contribution in [0.5, 0.6) is 5.75 Å². The summed E-state index contributed by atoms with van der Waals surface area (Å²) in [6, 6.07) is 18.4. The Hall–Kier alpha value is -11.4. The summed E-state index contributed by atoms with van der Waals surface area (Å²) in [4.78, 5) is 212. The third-order valence-electron chi connectivity index (χ3n) is 33.0. The summed E-state index contributed by atoms with van der Waals surface area (Å²) >= 11 is 1.58. The van der Waals surface area contributed by atoms with Crippen molar-refractivity contribution in [2.45, 2.75) is 343 Å². The van der Waals surface area contributed by atoms with E-state index in [0.717, 1.165) is 130 Å². The molecule has 11 aliphatic rings. The van der Waals surface area contributed by atoms with E-state index < -0.39 is 153 Å². The molecule has 11 fully saturated rings. The molecule has 146 heavy (non-hydrogen) atoms. The molecule has 796 valence electrons. The lowest BCUT2D eigenvalue weighted by atomic mass is 9.77. The topological polar surface area (TPSA) is 446 Å². The number of benzene rings is 3. The van der Waals surface area contributed by atoms with Crippen LogP contribution in [0.4, 0.5) is 14.4 Å². The number of ketones is 3. The zero-order chi connectivity index (χ0) is 106. The highest BCUT2D eigenvalue weighted by Gasteiger charge is 2.79. The summed E-state index contributed by atoms with van der Waals surface area (Å²) in [7, 11) is 0. The summed E-state index contributed by atoms with van der Waals surface area (Å²) in [6.07, 6.45) is 23.6. The van der Waals surface area contributed by atoms with Gasteiger partial charge in [0.15, 0.2) is 0 Å². The fourth-order valence-corrected chi connectivity index (χ4v) is 24.6. The standard InChI is InChI=1S/C42H55N5O6.C36H55N5O5.C35H52N6O5S/c1-40(2,3)35(38(51)47-24-30-32(42(30)19-20-42)33(47)37(50)44-31(22-26-15-16-26)34(48)36(43)49)45-39(52)46-41(17-8-5-9-18-41)23-28-13-10-14-29(21-28)53-25-27-11-6-4-7-12-27;1-11-16-24(28(42)31(44)37-19-12-2)38-30(43)27-26-23(36(26,9)10)21-41(27)32(45)29(35(6,7)8)40-33(46)39-25(34(3,4)5)20-22-17-14-13-15-18-22;1-7-15-37-30(44)27(42)23(18-21-11-12-21)38-29(43)26-25-22(34(25,5)6)20-41(26)31(45)28(33(2,3)4)39-32(46)40-35(13-9-8-10-14-35)19-24-36-16-17-47-24/h4,6-7,10-14,21,26,30-33,35H,5,8-9,15-20,22-25H2,1-3H3,(H2,43,49)(H,44,50)(H2,45,46,52);12-15,17-18,23-27,29H,2,11,16,19-21H2,1,3-10H3,(H,37,44)(H,38,43)(H2,39,40,46);7,16-17,21-23,25-26,28H,1,8-15,18-20H2,2-6H3,(H,37,44)(H,38,43)(H2,39,40,46)/t30-,31?,32-,33-,35+;23-,24?,25+,26-,27-,29+;22-,23?,25-,26-,28+/m000/s1. The van der Waals surface area contributed by atoms with E-state index in [1.165, 1.54) is 12.2 Å². The number of nitrogens with zero attached hydrogens (tertiary/aromatic N) is 4. The van der Waals surface area contributed by atoms with Crippen molar-refractivity contribution in [2.24, 2.45) is 91.0 Å². The van der Waals surface area contributed by atoms with Crippen molar-refractivity contribution in [3.63, 3.8) is 0 Å². The molecule has 4 aromatic rings. The molecule has 32 nitrogen and oxygen atoms in total. The summed E-state index contributed by atoms with van der Waals surface area (Å²) in [5.74, 6) is -5.52. The highest BCUT2D eigenvalue weighted by molar-refractivity contribution is 7.09. The number of likely N-dealkylation sites (tertiary alicyclic amines) is 3. The number of hydrogen-bond acceptors (Lipinski definition) is 18. The molecule has 8 aliphatic carbocycles. The van der Waals surface area contributed by atoms with Gasteiger partial charge >= 0.3 is 18.1 Å². The first-order valence-corrected chi connectivity index (χ1v) is 54.1.